The van der Waals surface area contributed by atoms with Crippen LogP contribution in [-0.4, -0.2) is 26.1 Å². The molecule has 1 fully saturated rings. The topological polar surface area (TPSA) is 27.7 Å². The molecule has 41 heavy (non-hydrogen) atoms. The molecule has 0 radical (unpaired) electrons. The van der Waals surface area contributed by atoms with Crippen molar-refractivity contribution in [2.45, 2.75) is 90.3 Å². The van der Waals surface area contributed by atoms with Crippen LogP contribution in [0.3, 0.4) is 0 Å². The van der Waals surface area contributed by atoms with E-state index in [2.05, 4.69) is 13.8 Å². The lowest BCUT2D eigenvalue weighted by Crippen LogP contribution is -2.30. The van der Waals surface area contributed by atoms with E-state index in [1.54, 1.807) is 36.4 Å². The predicted molar refractivity (Wildman–Crippen MR) is 159 cm³/mol. The summed E-state index contributed by atoms with van der Waals surface area (Å²) in [6.07, 6.45) is 10.7. The van der Waals surface area contributed by atoms with Crippen molar-refractivity contribution >= 4 is 0 Å². The van der Waals surface area contributed by atoms with Crippen molar-refractivity contribution in [1.29, 1.82) is 0 Å². The third kappa shape index (κ3) is 8.59. The number of halogens is 3. The SMILES string of the molecule is CCCCCCCC1OCC(c2ccc(-c3ccc(-c4ccc(OCCCCCC)c(F)c4F)cc3)c(F)c2)CO1. The molecule has 0 atom stereocenters. The normalized spacial score (nSPS) is 17.1. The quantitative estimate of drug-likeness (QED) is 0.171. The van der Waals surface area contributed by atoms with Crippen LogP contribution in [0.15, 0.2) is 54.6 Å². The van der Waals surface area contributed by atoms with Gasteiger partial charge in [-0.25, -0.2) is 8.78 Å². The smallest absolute Gasteiger partial charge is 0.201 e. The minimum Gasteiger partial charge on any atom is -0.490 e. The minimum atomic E-state index is -0.988. The standard InChI is InChI=1S/C35H43F3O3/c1-3-5-7-9-10-12-33-40-23-28(24-41-33)27-17-18-29(31(36)22-27)25-13-15-26(16-14-25)30-19-20-32(35(38)34(30)37)39-21-11-8-6-4-2/h13-20,22,28,33H,3-12,21,23-24H2,1-2H3. The molecule has 3 nitrogen and oxygen atoms in total. The first kappa shape index (κ1) is 31.1. The largest absolute Gasteiger partial charge is 0.490 e. The Hall–Kier alpha value is -2.83. The summed E-state index contributed by atoms with van der Waals surface area (Å²) in [4.78, 5) is 0. The molecule has 0 aromatic heterocycles. The number of benzene rings is 3. The van der Waals surface area contributed by atoms with Gasteiger partial charge >= 0.3 is 0 Å². The molecule has 6 heteroatoms. The van der Waals surface area contributed by atoms with Crippen LogP contribution in [0, 0.1) is 17.5 Å². The summed E-state index contributed by atoms with van der Waals surface area (Å²) in [7, 11) is 0. The van der Waals surface area contributed by atoms with Gasteiger partial charge in [0.1, 0.15) is 5.82 Å². The first-order valence-electron chi connectivity index (χ1n) is 15.3. The lowest BCUT2D eigenvalue weighted by atomic mass is 9.95. The van der Waals surface area contributed by atoms with Crippen molar-refractivity contribution in [3.63, 3.8) is 0 Å². The molecule has 4 rings (SSSR count). The maximum Gasteiger partial charge on any atom is 0.201 e. The zero-order valence-corrected chi connectivity index (χ0v) is 24.4. The summed E-state index contributed by atoms with van der Waals surface area (Å²) in [5.74, 6) is -2.37. The maximum atomic E-state index is 15.2. The summed E-state index contributed by atoms with van der Waals surface area (Å²) in [6, 6.07) is 15.0. The van der Waals surface area contributed by atoms with Gasteiger partial charge in [0, 0.05) is 17.0 Å². The number of ether oxygens (including phenoxy) is 3. The Morgan fingerprint density at radius 1 is 0.683 bits per heavy atom. The molecule has 3 aromatic carbocycles. The second-order valence-corrected chi connectivity index (χ2v) is 11.0. The van der Waals surface area contributed by atoms with E-state index in [4.69, 9.17) is 14.2 Å². The molecule has 0 aliphatic carbocycles. The zero-order chi connectivity index (χ0) is 29.0. The third-order valence-corrected chi connectivity index (χ3v) is 7.78. The van der Waals surface area contributed by atoms with Crippen LogP contribution < -0.4 is 4.74 Å². The predicted octanol–water partition coefficient (Wildman–Crippen LogP) is 10.2. The molecule has 0 amide bonds. The van der Waals surface area contributed by atoms with Gasteiger partial charge in [0.15, 0.2) is 17.9 Å². The Kier molecular flexibility index (Phi) is 12.1. The molecular formula is C35H43F3O3. The van der Waals surface area contributed by atoms with E-state index in [0.717, 1.165) is 44.1 Å². The average Bonchev–Trinajstić information content (AvgIpc) is 2.99. The lowest BCUT2D eigenvalue weighted by molar-refractivity contribution is -0.190. The van der Waals surface area contributed by atoms with E-state index in [1.807, 2.05) is 6.07 Å². The van der Waals surface area contributed by atoms with Crippen LogP contribution in [0.5, 0.6) is 5.75 Å². The first-order chi connectivity index (χ1) is 20.0. The van der Waals surface area contributed by atoms with Crippen LogP contribution in [0.25, 0.3) is 22.3 Å². The maximum absolute atomic E-state index is 15.2. The third-order valence-electron chi connectivity index (χ3n) is 7.78. The van der Waals surface area contributed by atoms with Crippen molar-refractivity contribution in [3.05, 3.63) is 77.6 Å². The molecule has 0 unspecified atom stereocenters. The molecule has 1 aliphatic rings. The van der Waals surface area contributed by atoms with Crippen LogP contribution in [0.2, 0.25) is 0 Å². The highest BCUT2D eigenvalue weighted by atomic mass is 19.2. The Morgan fingerprint density at radius 2 is 1.29 bits per heavy atom. The zero-order valence-electron chi connectivity index (χ0n) is 24.4. The van der Waals surface area contributed by atoms with Crippen molar-refractivity contribution < 1.29 is 27.4 Å². The fourth-order valence-electron chi connectivity index (χ4n) is 5.24. The number of hydrogen-bond acceptors (Lipinski definition) is 3. The van der Waals surface area contributed by atoms with Crippen molar-refractivity contribution in [2.75, 3.05) is 19.8 Å². The second kappa shape index (κ2) is 16.0. The molecule has 222 valence electrons. The van der Waals surface area contributed by atoms with Gasteiger partial charge in [-0.1, -0.05) is 95.2 Å². The van der Waals surface area contributed by atoms with E-state index in [0.29, 0.717) is 36.5 Å². The number of unbranched alkanes of at least 4 members (excludes halogenated alkanes) is 7. The van der Waals surface area contributed by atoms with E-state index in [1.165, 1.54) is 37.8 Å². The van der Waals surface area contributed by atoms with E-state index in [-0.39, 0.29) is 29.3 Å². The molecule has 0 bridgehead atoms. The Morgan fingerprint density at radius 3 is 1.95 bits per heavy atom. The van der Waals surface area contributed by atoms with Gasteiger partial charge in [-0.15, -0.1) is 0 Å². The van der Waals surface area contributed by atoms with Crippen LogP contribution in [0.4, 0.5) is 13.2 Å². The Balaban J connectivity index is 1.34. The van der Waals surface area contributed by atoms with Crippen LogP contribution >= 0.6 is 0 Å². The summed E-state index contributed by atoms with van der Waals surface area (Å²) in [5, 5.41) is 0. The van der Waals surface area contributed by atoms with Gasteiger partial charge in [-0.05, 0) is 54.2 Å². The van der Waals surface area contributed by atoms with E-state index < -0.39 is 11.6 Å². The molecule has 3 aromatic rings. The Labute approximate surface area is 243 Å². The summed E-state index contributed by atoms with van der Waals surface area (Å²) in [6.45, 7) is 5.70. The fourth-order valence-corrected chi connectivity index (χ4v) is 5.24. The van der Waals surface area contributed by atoms with E-state index >= 15 is 4.39 Å². The highest BCUT2D eigenvalue weighted by Crippen LogP contribution is 2.33. The molecular weight excluding hydrogens is 525 g/mol. The molecule has 0 saturated carbocycles. The minimum absolute atomic E-state index is 0.0153. The first-order valence-corrected chi connectivity index (χ1v) is 15.3. The van der Waals surface area contributed by atoms with Crippen molar-refractivity contribution in [2.24, 2.45) is 0 Å². The van der Waals surface area contributed by atoms with Gasteiger partial charge in [0.2, 0.25) is 5.82 Å². The van der Waals surface area contributed by atoms with Gasteiger partial charge < -0.3 is 14.2 Å². The summed E-state index contributed by atoms with van der Waals surface area (Å²) < 4.78 is 62.0. The average molecular weight is 569 g/mol. The molecule has 1 aliphatic heterocycles. The van der Waals surface area contributed by atoms with Crippen molar-refractivity contribution in [3.8, 4) is 28.0 Å². The van der Waals surface area contributed by atoms with Gasteiger partial charge in [-0.3, -0.25) is 0 Å². The molecule has 0 spiro atoms. The van der Waals surface area contributed by atoms with Crippen LogP contribution in [-0.2, 0) is 9.47 Å². The highest BCUT2D eigenvalue weighted by Gasteiger charge is 2.24. The fraction of sp³-hybridized carbons (Fsp3) is 0.486. The monoisotopic (exact) mass is 568 g/mol. The van der Waals surface area contributed by atoms with Crippen molar-refractivity contribution in [1.82, 2.24) is 0 Å². The lowest BCUT2D eigenvalue weighted by Gasteiger charge is -2.30. The second-order valence-electron chi connectivity index (χ2n) is 11.0. The molecule has 0 N–H and O–H groups in total. The summed E-state index contributed by atoms with van der Waals surface area (Å²) in [5.41, 5.74) is 2.59. The number of hydrogen-bond donors (Lipinski definition) is 0. The highest BCUT2D eigenvalue weighted by molar-refractivity contribution is 5.71. The van der Waals surface area contributed by atoms with E-state index in [9.17, 15) is 8.78 Å². The van der Waals surface area contributed by atoms with Gasteiger partial charge in [-0.2, -0.15) is 4.39 Å². The Bertz CT molecular complexity index is 1220. The molecule has 1 saturated heterocycles. The summed E-state index contributed by atoms with van der Waals surface area (Å²) >= 11 is 0. The molecule has 1 heterocycles. The van der Waals surface area contributed by atoms with Gasteiger partial charge in [0.25, 0.3) is 0 Å². The number of rotatable bonds is 15. The van der Waals surface area contributed by atoms with Crippen LogP contribution in [0.1, 0.15) is 89.5 Å². The van der Waals surface area contributed by atoms with Gasteiger partial charge in [0.05, 0.1) is 19.8 Å².